The van der Waals surface area contributed by atoms with Crippen molar-refractivity contribution in [1.82, 2.24) is 5.32 Å². The number of amides is 1. The maximum absolute atomic E-state index is 11.9. The third kappa shape index (κ3) is 3.15. The Morgan fingerprint density at radius 2 is 1.75 bits per heavy atom. The molecule has 126 valence electrons. The highest BCUT2D eigenvalue weighted by molar-refractivity contribution is 5.79. The van der Waals surface area contributed by atoms with E-state index in [1.165, 1.54) is 7.11 Å². The fourth-order valence-electron chi connectivity index (χ4n) is 3.07. The number of phenolic OH excluding ortho intramolecular Hbond substituents is 1. The van der Waals surface area contributed by atoms with Crippen LogP contribution in [-0.2, 0) is 17.6 Å². The van der Waals surface area contributed by atoms with Gasteiger partial charge in [0.15, 0.2) is 11.5 Å². The van der Waals surface area contributed by atoms with Crippen LogP contribution >= 0.6 is 0 Å². The lowest BCUT2D eigenvalue weighted by atomic mass is 9.90. The lowest BCUT2D eigenvalue weighted by Crippen LogP contribution is -2.26. The molecule has 0 unspecified atom stereocenters. The minimum Gasteiger partial charge on any atom is -0.504 e. The van der Waals surface area contributed by atoms with Crippen LogP contribution in [0.25, 0.3) is 11.1 Å². The fourth-order valence-corrected chi connectivity index (χ4v) is 3.07. The minimum atomic E-state index is 0.0324. The predicted molar refractivity (Wildman–Crippen MR) is 91.7 cm³/mol. The van der Waals surface area contributed by atoms with E-state index in [4.69, 9.17) is 9.47 Å². The van der Waals surface area contributed by atoms with Gasteiger partial charge in [-0.25, -0.2) is 0 Å². The van der Waals surface area contributed by atoms with Crippen molar-refractivity contribution in [2.45, 2.75) is 19.3 Å². The molecular weight excluding hydrogens is 306 g/mol. The van der Waals surface area contributed by atoms with Gasteiger partial charge >= 0.3 is 0 Å². The second-order valence-corrected chi connectivity index (χ2v) is 5.80. The molecule has 0 saturated carbocycles. The summed E-state index contributed by atoms with van der Waals surface area (Å²) in [7, 11) is 3.17. The molecule has 0 aliphatic carbocycles. The van der Waals surface area contributed by atoms with E-state index in [0.29, 0.717) is 31.6 Å². The molecule has 2 N–H and O–H groups in total. The highest BCUT2D eigenvalue weighted by Gasteiger charge is 2.17. The molecule has 0 saturated heterocycles. The van der Waals surface area contributed by atoms with Crippen LogP contribution in [0.5, 0.6) is 17.2 Å². The van der Waals surface area contributed by atoms with E-state index < -0.39 is 0 Å². The van der Waals surface area contributed by atoms with E-state index >= 15 is 0 Å². The van der Waals surface area contributed by atoms with Crippen LogP contribution in [0.15, 0.2) is 30.3 Å². The van der Waals surface area contributed by atoms with Crippen molar-refractivity contribution in [2.75, 3.05) is 20.8 Å². The zero-order chi connectivity index (χ0) is 17.1. The van der Waals surface area contributed by atoms with Crippen LogP contribution in [-0.4, -0.2) is 31.8 Å². The first-order valence-corrected chi connectivity index (χ1v) is 7.96. The summed E-state index contributed by atoms with van der Waals surface area (Å²) in [5.74, 6) is 1.34. The zero-order valence-corrected chi connectivity index (χ0v) is 13.9. The molecule has 0 spiro atoms. The lowest BCUT2D eigenvalue weighted by molar-refractivity contribution is -0.121. The minimum absolute atomic E-state index is 0.0324. The number of methoxy groups -OCH3 is 2. The van der Waals surface area contributed by atoms with Crippen LogP contribution in [0, 0.1) is 0 Å². The molecule has 24 heavy (non-hydrogen) atoms. The number of aromatic hydroxyl groups is 1. The van der Waals surface area contributed by atoms with E-state index in [1.54, 1.807) is 13.2 Å². The molecule has 5 nitrogen and oxygen atoms in total. The first kappa shape index (κ1) is 16.2. The number of fused-ring (bicyclic) bond motifs is 3. The lowest BCUT2D eigenvalue weighted by Gasteiger charge is -2.19. The first-order valence-electron chi connectivity index (χ1n) is 7.96. The molecule has 2 aromatic carbocycles. The van der Waals surface area contributed by atoms with Gasteiger partial charge in [-0.3, -0.25) is 4.79 Å². The number of phenols is 1. The molecule has 1 aliphatic rings. The van der Waals surface area contributed by atoms with E-state index in [0.717, 1.165) is 28.0 Å². The molecule has 0 bridgehead atoms. The molecule has 0 aromatic heterocycles. The van der Waals surface area contributed by atoms with Crippen LogP contribution in [0.1, 0.15) is 17.5 Å². The molecule has 1 amide bonds. The quantitative estimate of drug-likeness (QED) is 0.890. The molecule has 1 aliphatic heterocycles. The monoisotopic (exact) mass is 327 g/mol. The summed E-state index contributed by atoms with van der Waals surface area (Å²) in [6.07, 6.45) is 1.70. The maximum atomic E-state index is 11.9. The normalized spacial score (nSPS) is 14.2. The summed E-state index contributed by atoms with van der Waals surface area (Å²) in [5.41, 5.74) is 4.07. The smallest absolute Gasteiger partial charge is 0.220 e. The van der Waals surface area contributed by atoms with Crippen molar-refractivity contribution in [3.8, 4) is 28.4 Å². The van der Waals surface area contributed by atoms with Crippen LogP contribution in [0.4, 0.5) is 0 Å². The van der Waals surface area contributed by atoms with Gasteiger partial charge in [0.1, 0.15) is 5.75 Å². The van der Waals surface area contributed by atoms with Crippen molar-refractivity contribution in [3.05, 3.63) is 41.5 Å². The Morgan fingerprint density at radius 3 is 2.50 bits per heavy atom. The number of hydrogen-bond acceptors (Lipinski definition) is 4. The maximum Gasteiger partial charge on any atom is 0.220 e. The summed E-state index contributed by atoms with van der Waals surface area (Å²) < 4.78 is 10.6. The number of benzene rings is 2. The molecular formula is C19H21NO4. The Labute approximate surface area is 141 Å². The number of carbonyl (C=O) groups is 1. The van der Waals surface area contributed by atoms with Gasteiger partial charge in [0.25, 0.3) is 0 Å². The summed E-state index contributed by atoms with van der Waals surface area (Å²) >= 11 is 0. The second kappa shape index (κ2) is 6.83. The summed E-state index contributed by atoms with van der Waals surface area (Å²) in [6.45, 7) is 0.545. The average molecular weight is 327 g/mol. The number of ether oxygens (including phenoxy) is 2. The Morgan fingerprint density at radius 1 is 0.958 bits per heavy atom. The Kier molecular flexibility index (Phi) is 4.60. The summed E-state index contributed by atoms with van der Waals surface area (Å²) in [6, 6.07) is 9.46. The Hall–Kier alpha value is -2.69. The van der Waals surface area contributed by atoms with Crippen molar-refractivity contribution < 1.29 is 19.4 Å². The van der Waals surface area contributed by atoms with Gasteiger partial charge in [-0.1, -0.05) is 6.07 Å². The molecule has 5 heteroatoms. The number of hydrogen-bond donors (Lipinski definition) is 2. The van der Waals surface area contributed by atoms with Gasteiger partial charge in [0, 0.05) is 13.0 Å². The van der Waals surface area contributed by atoms with E-state index in [9.17, 15) is 9.90 Å². The van der Waals surface area contributed by atoms with Crippen molar-refractivity contribution in [1.29, 1.82) is 0 Å². The molecule has 0 atom stereocenters. The first-order chi connectivity index (χ1) is 11.6. The third-order valence-electron chi connectivity index (χ3n) is 4.35. The van der Waals surface area contributed by atoms with Crippen LogP contribution < -0.4 is 14.8 Å². The van der Waals surface area contributed by atoms with Crippen molar-refractivity contribution >= 4 is 5.91 Å². The topological polar surface area (TPSA) is 67.8 Å². The van der Waals surface area contributed by atoms with Crippen LogP contribution in [0.2, 0.25) is 0 Å². The average Bonchev–Trinajstić information content (AvgIpc) is 2.60. The highest BCUT2D eigenvalue weighted by atomic mass is 16.5. The van der Waals surface area contributed by atoms with Crippen molar-refractivity contribution in [2.24, 2.45) is 0 Å². The molecule has 3 rings (SSSR count). The van der Waals surface area contributed by atoms with Gasteiger partial charge in [-0.15, -0.1) is 0 Å². The van der Waals surface area contributed by atoms with E-state index in [1.807, 2.05) is 24.3 Å². The molecule has 0 fully saturated rings. The number of aryl methyl sites for hydroxylation is 1. The second-order valence-electron chi connectivity index (χ2n) is 5.80. The third-order valence-corrected chi connectivity index (χ3v) is 4.35. The zero-order valence-electron chi connectivity index (χ0n) is 13.9. The van der Waals surface area contributed by atoms with Gasteiger partial charge in [-0.2, -0.15) is 0 Å². The number of nitrogens with one attached hydrogen (secondary N) is 1. The Bertz CT molecular complexity index is 770. The van der Waals surface area contributed by atoms with Crippen molar-refractivity contribution in [3.63, 3.8) is 0 Å². The van der Waals surface area contributed by atoms with Crippen LogP contribution in [0.3, 0.4) is 0 Å². The predicted octanol–water partition coefficient (Wildman–Crippen LogP) is 2.68. The SMILES string of the molecule is COc1ccc2c(c1)CCC(=O)NCCc1cc(O)c(OC)cc1-2. The van der Waals surface area contributed by atoms with Gasteiger partial charge in [0.05, 0.1) is 14.2 Å². The summed E-state index contributed by atoms with van der Waals surface area (Å²) in [4.78, 5) is 11.9. The number of rotatable bonds is 2. The van der Waals surface area contributed by atoms with Gasteiger partial charge in [0.2, 0.25) is 5.91 Å². The fraction of sp³-hybridized carbons (Fsp3) is 0.316. The standard InChI is InChI=1S/C19H21NO4/c1-23-14-4-5-15-12(9-14)3-6-19(22)20-8-7-13-10-17(21)18(24-2)11-16(13)15/h4-5,9-11,21H,3,6-8H2,1-2H3,(H,20,22). The number of carbonyl (C=O) groups excluding carboxylic acids is 1. The largest absolute Gasteiger partial charge is 0.504 e. The van der Waals surface area contributed by atoms with E-state index in [2.05, 4.69) is 5.32 Å². The molecule has 2 aromatic rings. The highest BCUT2D eigenvalue weighted by Crippen LogP contribution is 2.38. The summed E-state index contributed by atoms with van der Waals surface area (Å²) in [5, 5.41) is 13.0. The van der Waals surface area contributed by atoms with E-state index in [-0.39, 0.29) is 11.7 Å². The Balaban J connectivity index is 2.19. The molecule has 1 heterocycles. The molecule has 0 radical (unpaired) electrons. The van der Waals surface area contributed by atoms with Gasteiger partial charge < -0.3 is 19.9 Å². The van der Waals surface area contributed by atoms with Gasteiger partial charge in [-0.05, 0) is 59.4 Å².